The van der Waals surface area contributed by atoms with Crippen LogP contribution >= 0.6 is 0 Å². The van der Waals surface area contributed by atoms with Crippen LogP contribution in [0.4, 0.5) is 5.82 Å². The predicted molar refractivity (Wildman–Crippen MR) is 128 cm³/mol. The molecule has 0 aliphatic carbocycles. The van der Waals surface area contributed by atoms with Gasteiger partial charge < -0.3 is 15.8 Å². The molecule has 2 aromatic carbocycles. The van der Waals surface area contributed by atoms with E-state index in [0.29, 0.717) is 35.7 Å². The van der Waals surface area contributed by atoms with Crippen molar-refractivity contribution >= 4 is 22.8 Å². The number of nitrogen functional groups attached to an aromatic ring is 1. The minimum atomic E-state index is -1.18. The number of carbonyl (C=O) groups excluding carboxylic acids is 1. The number of nitrogens with two attached hydrogens (primary N) is 1. The van der Waals surface area contributed by atoms with E-state index < -0.39 is 11.2 Å². The number of imidazole rings is 1. The molecule has 9 nitrogen and oxygen atoms in total. The van der Waals surface area contributed by atoms with Crippen LogP contribution in [0.25, 0.3) is 16.9 Å². The quantitative estimate of drug-likeness (QED) is 0.351. The van der Waals surface area contributed by atoms with Crippen LogP contribution in [0.15, 0.2) is 65.7 Å². The average molecular weight is 454 g/mol. The number of hydrogen-bond donors (Lipinski definition) is 2. The second-order valence-corrected chi connectivity index (χ2v) is 7.96. The lowest BCUT2D eigenvalue weighted by Crippen LogP contribution is -2.48. The minimum absolute atomic E-state index is 0.139. The highest BCUT2D eigenvalue weighted by Gasteiger charge is 2.45. The van der Waals surface area contributed by atoms with Crippen LogP contribution < -0.4 is 21.5 Å². The van der Waals surface area contributed by atoms with Gasteiger partial charge in [0, 0.05) is 6.54 Å². The van der Waals surface area contributed by atoms with Crippen molar-refractivity contribution in [2.75, 3.05) is 18.8 Å². The van der Waals surface area contributed by atoms with Crippen molar-refractivity contribution in [2.45, 2.75) is 18.9 Å². The van der Waals surface area contributed by atoms with Gasteiger partial charge in [0.05, 0.1) is 5.69 Å². The zero-order valence-electron chi connectivity index (χ0n) is 18.5. The topological polar surface area (TPSA) is 117 Å². The molecule has 0 saturated carbocycles. The second-order valence-electron chi connectivity index (χ2n) is 7.96. The lowest BCUT2D eigenvalue weighted by Gasteiger charge is -2.25. The molecule has 1 fully saturated rings. The summed E-state index contributed by atoms with van der Waals surface area (Å²) in [5.74, 6) is 6.40. The molecule has 4 aromatic rings. The number of ether oxygens (including phenoxy) is 1. The Kier molecular flexibility index (Phi) is 5.36. The van der Waals surface area contributed by atoms with Crippen molar-refractivity contribution in [2.24, 2.45) is 0 Å². The fourth-order valence-corrected chi connectivity index (χ4v) is 4.36. The molecule has 9 heteroatoms. The molecule has 0 radical (unpaired) electrons. The van der Waals surface area contributed by atoms with E-state index in [-0.39, 0.29) is 23.8 Å². The number of Topliss-reactive ketones (excluding diaryl/α,β-unsaturated/α-hetero) is 1. The van der Waals surface area contributed by atoms with Crippen molar-refractivity contribution in [3.05, 3.63) is 71.4 Å². The summed E-state index contributed by atoms with van der Waals surface area (Å²) in [7, 11) is 0. The molecular formula is C25H22N6O3. The fraction of sp³-hybridized carbons (Fsp3) is 0.200. The maximum atomic E-state index is 13.9. The van der Waals surface area contributed by atoms with Gasteiger partial charge in [-0.25, -0.2) is 14.8 Å². The lowest BCUT2D eigenvalue weighted by atomic mass is 9.92. The van der Waals surface area contributed by atoms with Gasteiger partial charge in [0.25, 0.3) is 0 Å². The van der Waals surface area contributed by atoms with Crippen molar-refractivity contribution in [1.82, 2.24) is 24.4 Å². The number of carbonyl (C=O) groups is 1. The van der Waals surface area contributed by atoms with Crippen LogP contribution in [0.5, 0.6) is 11.5 Å². The Labute approximate surface area is 195 Å². The van der Waals surface area contributed by atoms with E-state index in [9.17, 15) is 9.59 Å². The van der Waals surface area contributed by atoms with E-state index in [4.69, 9.17) is 10.5 Å². The summed E-state index contributed by atoms with van der Waals surface area (Å²) in [6.07, 6.45) is 1.70. The Bertz CT molecular complexity index is 1490. The lowest BCUT2D eigenvalue weighted by molar-refractivity contribution is -0.121. The van der Waals surface area contributed by atoms with Gasteiger partial charge in [-0.3, -0.25) is 13.9 Å². The third-order valence-corrected chi connectivity index (χ3v) is 5.95. The van der Waals surface area contributed by atoms with Gasteiger partial charge in [-0.2, -0.15) is 0 Å². The van der Waals surface area contributed by atoms with E-state index >= 15 is 0 Å². The van der Waals surface area contributed by atoms with Crippen LogP contribution in [0.1, 0.15) is 13.3 Å². The molecule has 34 heavy (non-hydrogen) atoms. The van der Waals surface area contributed by atoms with Gasteiger partial charge in [-0.15, -0.1) is 0 Å². The third-order valence-electron chi connectivity index (χ3n) is 5.95. The first-order chi connectivity index (χ1) is 16.5. The summed E-state index contributed by atoms with van der Waals surface area (Å²) in [6.45, 7) is 2.44. The first kappa shape index (κ1) is 21.4. The number of nitrogens with one attached hydrogen (secondary N) is 1. The fourth-order valence-electron chi connectivity index (χ4n) is 4.36. The van der Waals surface area contributed by atoms with Crippen LogP contribution in [0.2, 0.25) is 0 Å². The maximum Gasteiger partial charge on any atom is 0.336 e. The number of anilines is 1. The van der Waals surface area contributed by atoms with Crippen LogP contribution in [0.3, 0.4) is 0 Å². The van der Waals surface area contributed by atoms with Gasteiger partial charge in [0.1, 0.15) is 28.9 Å². The Morgan fingerprint density at radius 3 is 2.53 bits per heavy atom. The van der Waals surface area contributed by atoms with Crippen molar-refractivity contribution < 1.29 is 9.53 Å². The Hall–Kier alpha value is -4.42. The number of aromatic nitrogens is 4. The molecule has 0 unspecified atom stereocenters. The normalized spacial score (nSPS) is 17.3. The van der Waals surface area contributed by atoms with Gasteiger partial charge in [0.2, 0.25) is 5.78 Å². The number of hydrogen-bond acceptors (Lipinski definition) is 7. The molecule has 0 amide bonds. The Morgan fingerprint density at radius 2 is 1.85 bits per heavy atom. The molecule has 2 aromatic heterocycles. The number of benzene rings is 2. The molecule has 0 spiro atoms. The molecule has 3 N–H and O–H groups in total. The van der Waals surface area contributed by atoms with Crippen LogP contribution in [-0.2, 0) is 10.3 Å². The smallest absolute Gasteiger partial charge is 0.336 e. The van der Waals surface area contributed by atoms with Crippen LogP contribution in [0, 0.1) is 11.8 Å². The zero-order chi connectivity index (χ0) is 23.7. The maximum absolute atomic E-state index is 13.9. The van der Waals surface area contributed by atoms with Gasteiger partial charge >= 0.3 is 5.69 Å². The van der Waals surface area contributed by atoms with Crippen molar-refractivity contribution in [1.29, 1.82) is 0 Å². The number of fused-ring (bicyclic) bond motifs is 1. The van der Waals surface area contributed by atoms with E-state index in [1.165, 1.54) is 15.5 Å². The van der Waals surface area contributed by atoms with Crippen molar-refractivity contribution in [3.63, 3.8) is 0 Å². The minimum Gasteiger partial charge on any atom is -0.457 e. The van der Waals surface area contributed by atoms with E-state index in [1.807, 2.05) is 30.3 Å². The predicted octanol–water partition coefficient (Wildman–Crippen LogP) is 2.24. The summed E-state index contributed by atoms with van der Waals surface area (Å²) in [4.78, 5) is 35.4. The zero-order valence-corrected chi connectivity index (χ0v) is 18.5. The molecule has 3 heterocycles. The van der Waals surface area contributed by atoms with Crippen molar-refractivity contribution in [3.8, 4) is 29.0 Å². The SMILES string of the molecule is CC#CC(=O)[C@@]1(n2c(=O)n(-c3ccc(Oc4ccccc4)cc3)c3c(N)ncnc32)CCNC1. The van der Waals surface area contributed by atoms with Gasteiger partial charge in [0.15, 0.2) is 11.5 Å². The number of nitrogens with zero attached hydrogens (tertiary/aromatic N) is 4. The number of rotatable bonds is 5. The molecule has 1 saturated heterocycles. The van der Waals surface area contributed by atoms with E-state index in [0.717, 1.165) is 0 Å². The first-order valence-electron chi connectivity index (χ1n) is 10.8. The van der Waals surface area contributed by atoms with Gasteiger partial charge in [-0.1, -0.05) is 24.1 Å². The van der Waals surface area contributed by atoms with E-state index in [2.05, 4.69) is 27.1 Å². The summed E-state index contributed by atoms with van der Waals surface area (Å²) in [5.41, 5.74) is 5.77. The highest BCUT2D eigenvalue weighted by atomic mass is 16.5. The molecular weight excluding hydrogens is 432 g/mol. The highest BCUT2D eigenvalue weighted by molar-refractivity contribution is 6.03. The molecule has 1 aliphatic heterocycles. The first-order valence-corrected chi connectivity index (χ1v) is 10.8. The molecule has 0 bridgehead atoms. The monoisotopic (exact) mass is 454 g/mol. The molecule has 1 aliphatic rings. The summed E-state index contributed by atoms with van der Waals surface area (Å²) < 4.78 is 8.71. The largest absolute Gasteiger partial charge is 0.457 e. The third kappa shape index (κ3) is 3.41. The Morgan fingerprint density at radius 1 is 1.12 bits per heavy atom. The number of ketones is 1. The summed E-state index contributed by atoms with van der Waals surface area (Å²) >= 11 is 0. The Balaban J connectivity index is 1.67. The number of para-hydroxylation sites is 1. The summed E-state index contributed by atoms with van der Waals surface area (Å²) in [6, 6.07) is 16.4. The highest BCUT2D eigenvalue weighted by Crippen LogP contribution is 2.31. The van der Waals surface area contributed by atoms with Crippen LogP contribution in [-0.4, -0.2) is 38.0 Å². The molecule has 170 valence electrons. The standard InChI is InChI=1S/C25H22N6O3/c1-2-6-20(32)25(13-14-27-15-25)31-23-21(22(26)28-16-29-23)30(24(31)33)17-9-11-19(12-10-17)34-18-7-4-3-5-8-18/h3-5,7-12,16,27H,13-15H2,1H3,(H2,26,28,29)/t25-/m1/s1. The average Bonchev–Trinajstić information content (AvgIpc) is 3.44. The summed E-state index contributed by atoms with van der Waals surface area (Å²) in [5, 5.41) is 3.19. The second kappa shape index (κ2) is 8.50. The molecule has 5 rings (SSSR count). The molecule has 1 atom stereocenters. The van der Waals surface area contributed by atoms with E-state index in [1.54, 1.807) is 31.2 Å². The van der Waals surface area contributed by atoms with Gasteiger partial charge in [-0.05, 0) is 62.2 Å².